The predicted molar refractivity (Wildman–Crippen MR) is 45.6 cm³/mol. The highest BCUT2D eigenvalue weighted by molar-refractivity contribution is 4.89. The fourth-order valence-corrected chi connectivity index (χ4v) is 1.81. The zero-order chi connectivity index (χ0) is 8.27. The second kappa shape index (κ2) is 4.04. The lowest BCUT2D eigenvalue weighted by Crippen LogP contribution is -2.52. The number of aliphatic hydroxyl groups excluding tert-OH is 1. The summed E-state index contributed by atoms with van der Waals surface area (Å²) < 4.78 is 0. The molecule has 0 unspecified atom stereocenters. The van der Waals surface area contributed by atoms with Crippen molar-refractivity contribution in [2.75, 3.05) is 14.1 Å². The summed E-state index contributed by atoms with van der Waals surface area (Å²) in [6, 6.07) is 0.558. The van der Waals surface area contributed by atoms with E-state index in [1.54, 1.807) is 0 Å². The van der Waals surface area contributed by atoms with Crippen LogP contribution in [0.15, 0.2) is 0 Å². The molecule has 2 atom stereocenters. The lowest BCUT2D eigenvalue weighted by Gasteiger charge is -2.34. The molecule has 0 heterocycles. The SMILES string of the molecule is CN[C@H]1CCC[C@H](NC)C1O. The van der Waals surface area contributed by atoms with Gasteiger partial charge >= 0.3 is 0 Å². The Morgan fingerprint density at radius 1 is 1.09 bits per heavy atom. The number of likely N-dealkylation sites (N-methyl/N-ethyl adjacent to an activating group) is 2. The summed E-state index contributed by atoms with van der Waals surface area (Å²) in [5.74, 6) is 0. The molecule has 66 valence electrons. The first kappa shape index (κ1) is 8.97. The molecule has 1 fully saturated rings. The maximum absolute atomic E-state index is 9.70. The molecule has 0 aromatic rings. The maximum atomic E-state index is 9.70. The van der Waals surface area contributed by atoms with Crippen LogP contribution in [0.2, 0.25) is 0 Å². The number of hydrogen-bond donors (Lipinski definition) is 3. The first-order chi connectivity index (χ1) is 5.29. The molecule has 0 aliphatic heterocycles. The molecule has 3 nitrogen and oxygen atoms in total. The minimum atomic E-state index is -0.223. The van der Waals surface area contributed by atoms with Crippen molar-refractivity contribution in [1.82, 2.24) is 10.6 Å². The average molecular weight is 158 g/mol. The standard InChI is InChI=1S/C8H18N2O/c1-9-6-4-3-5-7(10-2)8(6)11/h6-11H,3-5H2,1-2H3/t6-,7-/m0/s1. The molecule has 0 spiro atoms. The van der Waals surface area contributed by atoms with Crippen LogP contribution in [0.4, 0.5) is 0 Å². The topological polar surface area (TPSA) is 44.3 Å². The van der Waals surface area contributed by atoms with E-state index in [-0.39, 0.29) is 18.2 Å². The average Bonchev–Trinajstić information content (AvgIpc) is 2.05. The van der Waals surface area contributed by atoms with Crippen molar-refractivity contribution in [1.29, 1.82) is 0 Å². The Kier molecular flexibility index (Phi) is 3.30. The molecule has 0 aromatic heterocycles. The zero-order valence-corrected chi connectivity index (χ0v) is 7.30. The van der Waals surface area contributed by atoms with Gasteiger partial charge in [-0.1, -0.05) is 6.42 Å². The van der Waals surface area contributed by atoms with Gasteiger partial charge in [0.2, 0.25) is 0 Å². The Morgan fingerprint density at radius 2 is 1.55 bits per heavy atom. The van der Waals surface area contributed by atoms with Crippen LogP contribution in [0.25, 0.3) is 0 Å². The molecule has 3 N–H and O–H groups in total. The molecule has 1 aliphatic carbocycles. The molecule has 11 heavy (non-hydrogen) atoms. The van der Waals surface area contributed by atoms with Gasteiger partial charge in [0.05, 0.1) is 6.10 Å². The van der Waals surface area contributed by atoms with Gasteiger partial charge in [0.1, 0.15) is 0 Å². The van der Waals surface area contributed by atoms with E-state index in [9.17, 15) is 5.11 Å². The van der Waals surface area contributed by atoms with Crippen molar-refractivity contribution >= 4 is 0 Å². The van der Waals surface area contributed by atoms with Gasteiger partial charge in [-0.2, -0.15) is 0 Å². The van der Waals surface area contributed by atoms with Crippen LogP contribution in [0, 0.1) is 0 Å². The Bertz CT molecular complexity index is 107. The third-order valence-corrected chi connectivity index (χ3v) is 2.60. The number of rotatable bonds is 2. The number of nitrogens with one attached hydrogen (secondary N) is 2. The summed E-state index contributed by atoms with van der Waals surface area (Å²) in [7, 11) is 3.82. The van der Waals surface area contributed by atoms with Gasteiger partial charge in [-0.25, -0.2) is 0 Å². The highest BCUT2D eigenvalue weighted by Crippen LogP contribution is 2.18. The zero-order valence-electron chi connectivity index (χ0n) is 7.30. The summed E-state index contributed by atoms with van der Waals surface area (Å²) in [6.07, 6.45) is 3.17. The van der Waals surface area contributed by atoms with Crippen molar-refractivity contribution in [2.45, 2.75) is 37.5 Å². The van der Waals surface area contributed by atoms with Gasteiger partial charge in [0, 0.05) is 12.1 Å². The van der Waals surface area contributed by atoms with Crippen molar-refractivity contribution in [3.8, 4) is 0 Å². The van der Waals surface area contributed by atoms with Gasteiger partial charge in [-0.15, -0.1) is 0 Å². The second-order valence-corrected chi connectivity index (χ2v) is 3.21. The molecule has 0 saturated heterocycles. The van der Waals surface area contributed by atoms with Crippen LogP contribution in [-0.4, -0.2) is 37.4 Å². The van der Waals surface area contributed by atoms with Gasteiger partial charge in [-0.05, 0) is 26.9 Å². The smallest absolute Gasteiger partial charge is 0.0845 e. The second-order valence-electron chi connectivity index (χ2n) is 3.21. The molecule has 0 radical (unpaired) electrons. The summed E-state index contributed by atoms with van der Waals surface area (Å²) in [4.78, 5) is 0. The van der Waals surface area contributed by atoms with Crippen LogP contribution < -0.4 is 10.6 Å². The Morgan fingerprint density at radius 3 is 1.91 bits per heavy atom. The van der Waals surface area contributed by atoms with E-state index in [1.165, 1.54) is 6.42 Å². The fourth-order valence-electron chi connectivity index (χ4n) is 1.81. The van der Waals surface area contributed by atoms with E-state index in [1.807, 2.05) is 14.1 Å². The minimum absolute atomic E-state index is 0.223. The lowest BCUT2D eigenvalue weighted by molar-refractivity contribution is 0.0636. The third-order valence-electron chi connectivity index (χ3n) is 2.60. The number of hydrogen-bond acceptors (Lipinski definition) is 3. The van der Waals surface area contributed by atoms with Gasteiger partial charge in [-0.3, -0.25) is 0 Å². The Labute approximate surface area is 68.2 Å². The van der Waals surface area contributed by atoms with Gasteiger partial charge < -0.3 is 15.7 Å². The molecule has 3 heteroatoms. The molecular formula is C8H18N2O. The van der Waals surface area contributed by atoms with E-state index in [2.05, 4.69) is 10.6 Å². The van der Waals surface area contributed by atoms with Crippen LogP contribution in [0.5, 0.6) is 0 Å². The summed E-state index contributed by atoms with van der Waals surface area (Å²) in [6.45, 7) is 0. The monoisotopic (exact) mass is 158 g/mol. The van der Waals surface area contributed by atoms with E-state index in [0.29, 0.717) is 0 Å². The lowest BCUT2D eigenvalue weighted by atomic mass is 9.88. The van der Waals surface area contributed by atoms with Crippen molar-refractivity contribution < 1.29 is 5.11 Å². The van der Waals surface area contributed by atoms with Crippen LogP contribution in [0.3, 0.4) is 0 Å². The highest BCUT2D eigenvalue weighted by Gasteiger charge is 2.29. The molecule has 0 amide bonds. The first-order valence-corrected chi connectivity index (χ1v) is 4.32. The molecule has 1 rings (SSSR count). The van der Waals surface area contributed by atoms with Crippen LogP contribution in [-0.2, 0) is 0 Å². The molecule has 1 saturated carbocycles. The normalized spacial score (nSPS) is 34.1. The maximum Gasteiger partial charge on any atom is 0.0845 e. The van der Waals surface area contributed by atoms with Crippen molar-refractivity contribution in [3.63, 3.8) is 0 Å². The molecule has 0 bridgehead atoms. The largest absolute Gasteiger partial charge is 0.390 e. The third kappa shape index (κ3) is 1.92. The van der Waals surface area contributed by atoms with E-state index in [4.69, 9.17) is 0 Å². The van der Waals surface area contributed by atoms with E-state index in [0.717, 1.165) is 12.8 Å². The van der Waals surface area contributed by atoms with Crippen LogP contribution in [0.1, 0.15) is 19.3 Å². The minimum Gasteiger partial charge on any atom is -0.390 e. The predicted octanol–water partition coefficient (Wildman–Crippen LogP) is -0.293. The Hall–Kier alpha value is -0.120. The number of aliphatic hydroxyl groups is 1. The molecule has 0 aromatic carbocycles. The molecular weight excluding hydrogens is 140 g/mol. The quantitative estimate of drug-likeness (QED) is 0.517. The van der Waals surface area contributed by atoms with Crippen molar-refractivity contribution in [2.24, 2.45) is 0 Å². The van der Waals surface area contributed by atoms with Gasteiger partial charge in [0.15, 0.2) is 0 Å². The first-order valence-electron chi connectivity index (χ1n) is 4.32. The summed E-state index contributed by atoms with van der Waals surface area (Å²) in [5.41, 5.74) is 0. The summed E-state index contributed by atoms with van der Waals surface area (Å²) in [5, 5.41) is 16.0. The highest BCUT2D eigenvalue weighted by atomic mass is 16.3. The van der Waals surface area contributed by atoms with Crippen molar-refractivity contribution in [3.05, 3.63) is 0 Å². The summed E-state index contributed by atoms with van der Waals surface area (Å²) >= 11 is 0. The fraction of sp³-hybridized carbons (Fsp3) is 1.00. The van der Waals surface area contributed by atoms with Crippen LogP contribution >= 0.6 is 0 Å². The van der Waals surface area contributed by atoms with Gasteiger partial charge in [0.25, 0.3) is 0 Å². The van der Waals surface area contributed by atoms with E-state index < -0.39 is 0 Å². The Balaban J connectivity index is 2.45. The molecule has 1 aliphatic rings. The van der Waals surface area contributed by atoms with E-state index >= 15 is 0 Å².